The van der Waals surface area contributed by atoms with E-state index in [-0.39, 0.29) is 16.2 Å². The van der Waals surface area contributed by atoms with Crippen molar-refractivity contribution in [1.82, 2.24) is 9.55 Å². The number of fused-ring (bicyclic) bond motifs is 1. The summed E-state index contributed by atoms with van der Waals surface area (Å²) >= 11 is 4.47. The van der Waals surface area contributed by atoms with E-state index < -0.39 is 23.8 Å². The Kier molecular flexibility index (Phi) is 5.52. The lowest BCUT2D eigenvalue weighted by atomic mass is 10.0. The van der Waals surface area contributed by atoms with Gasteiger partial charge < -0.3 is 10.5 Å². The molecule has 2 N–H and O–H groups in total. The van der Waals surface area contributed by atoms with E-state index in [2.05, 4.69) is 20.9 Å². The number of hydrogen-bond donors (Lipinski definition) is 1. The minimum atomic E-state index is -4.52. The van der Waals surface area contributed by atoms with Gasteiger partial charge in [-0.3, -0.25) is 9.36 Å². The van der Waals surface area contributed by atoms with Crippen LogP contribution in [-0.2, 0) is 6.18 Å². The molecule has 1 unspecified atom stereocenters. The average Bonchev–Trinajstić information content (AvgIpc) is 3.31. The first-order chi connectivity index (χ1) is 14.6. The zero-order chi connectivity index (χ0) is 22.3. The first-order valence-corrected chi connectivity index (χ1v) is 10.7. The van der Waals surface area contributed by atoms with Crippen LogP contribution in [0, 0.1) is 0 Å². The highest BCUT2D eigenvalue weighted by atomic mass is 79.9. The maximum absolute atomic E-state index is 13.4. The Morgan fingerprint density at radius 1 is 1.23 bits per heavy atom. The molecule has 4 rings (SSSR count). The van der Waals surface area contributed by atoms with Gasteiger partial charge in [0.15, 0.2) is 0 Å². The van der Waals surface area contributed by atoms with E-state index in [0.29, 0.717) is 5.00 Å². The predicted octanol–water partition coefficient (Wildman–Crippen LogP) is 6.11. The highest BCUT2D eigenvalue weighted by Gasteiger charge is 2.35. The predicted molar refractivity (Wildman–Crippen MR) is 116 cm³/mol. The van der Waals surface area contributed by atoms with Crippen molar-refractivity contribution in [2.45, 2.75) is 19.2 Å². The number of carbonyl (C=O) groups is 1. The number of thiophene rings is 1. The molecule has 2 aromatic carbocycles. The van der Waals surface area contributed by atoms with E-state index in [0.717, 1.165) is 32.9 Å². The standard InChI is InChI=1S/C21H15BrF3N3O2S/c1-11(13-4-2-3-5-14(13)21(23,24)25)30-17-9-18(31-19(17)20(26)29)28-10-27-15-8-12(22)6-7-16(15)28/h2-11H,1H3,(H2,26,29). The van der Waals surface area contributed by atoms with E-state index in [1.807, 2.05) is 18.2 Å². The summed E-state index contributed by atoms with van der Waals surface area (Å²) in [6.45, 7) is 1.50. The molecule has 1 amide bonds. The van der Waals surface area contributed by atoms with Crippen LogP contribution in [0.1, 0.15) is 33.8 Å². The number of nitrogens with two attached hydrogens (primary N) is 1. The summed E-state index contributed by atoms with van der Waals surface area (Å²) in [6.07, 6.45) is -3.89. The first kappa shape index (κ1) is 21.4. The molecule has 0 fully saturated rings. The summed E-state index contributed by atoms with van der Waals surface area (Å²) in [7, 11) is 0. The number of carbonyl (C=O) groups excluding carboxylic acids is 1. The van der Waals surface area contributed by atoms with Crippen molar-refractivity contribution in [3.05, 3.63) is 75.3 Å². The Labute approximate surface area is 187 Å². The fourth-order valence-electron chi connectivity index (χ4n) is 3.27. The molecule has 0 bridgehead atoms. The van der Waals surface area contributed by atoms with Crippen molar-refractivity contribution in [2.24, 2.45) is 5.73 Å². The molecule has 0 saturated heterocycles. The van der Waals surface area contributed by atoms with Crippen LogP contribution >= 0.6 is 27.3 Å². The van der Waals surface area contributed by atoms with Crippen LogP contribution in [0.4, 0.5) is 13.2 Å². The van der Waals surface area contributed by atoms with Crippen molar-refractivity contribution in [3.8, 4) is 10.8 Å². The molecule has 10 heteroatoms. The number of hydrogen-bond acceptors (Lipinski definition) is 4. The quantitative estimate of drug-likeness (QED) is 0.353. The van der Waals surface area contributed by atoms with Crippen LogP contribution in [0.2, 0.25) is 0 Å². The average molecular weight is 510 g/mol. The monoisotopic (exact) mass is 509 g/mol. The number of nitrogens with zero attached hydrogens (tertiary/aromatic N) is 2. The fourth-order valence-corrected chi connectivity index (χ4v) is 4.54. The second kappa shape index (κ2) is 8.01. The number of alkyl halides is 3. The van der Waals surface area contributed by atoms with Gasteiger partial charge >= 0.3 is 6.18 Å². The van der Waals surface area contributed by atoms with Gasteiger partial charge in [-0.25, -0.2) is 4.98 Å². The van der Waals surface area contributed by atoms with Crippen molar-refractivity contribution >= 4 is 44.2 Å². The zero-order valence-corrected chi connectivity index (χ0v) is 18.4. The highest BCUT2D eigenvalue weighted by Crippen LogP contribution is 2.39. The summed E-state index contributed by atoms with van der Waals surface area (Å²) in [4.78, 5) is 16.5. The lowest BCUT2D eigenvalue weighted by molar-refractivity contribution is -0.138. The highest BCUT2D eigenvalue weighted by molar-refractivity contribution is 9.10. The van der Waals surface area contributed by atoms with E-state index >= 15 is 0 Å². The number of imidazole rings is 1. The lowest BCUT2D eigenvalue weighted by Crippen LogP contribution is -2.15. The smallest absolute Gasteiger partial charge is 0.416 e. The fraction of sp³-hybridized carbons (Fsp3) is 0.143. The molecule has 1 atom stereocenters. The third kappa shape index (κ3) is 4.17. The molecule has 0 aliphatic heterocycles. The minimum Gasteiger partial charge on any atom is -0.484 e. The number of aromatic nitrogens is 2. The third-order valence-corrected chi connectivity index (χ3v) is 6.29. The molecule has 0 saturated carbocycles. The third-order valence-electron chi connectivity index (χ3n) is 4.66. The first-order valence-electron chi connectivity index (χ1n) is 9.04. The lowest BCUT2D eigenvalue weighted by Gasteiger charge is -2.19. The summed E-state index contributed by atoms with van der Waals surface area (Å²) < 4.78 is 48.6. The second-order valence-electron chi connectivity index (χ2n) is 6.73. The number of ether oxygens (including phenoxy) is 1. The molecule has 0 spiro atoms. The molecule has 5 nitrogen and oxygen atoms in total. The Balaban J connectivity index is 1.73. The summed E-state index contributed by atoms with van der Waals surface area (Å²) in [5, 5.41) is 0.602. The largest absolute Gasteiger partial charge is 0.484 e. The van der Waals surface area contributed by atoms with E-state index in [1.165, 1.54) is 25.1 Å². The van der Waals surface area contributed by atoms with Crippen molar-refractivity contribution < 1.29 is 22.7 Å². The van der Waals surface area contributed by atoms with Crippen LogP contribution in [0.3, 0.4) is 0 Å². The van der Waals surface area contributed by atoms with Crippen LogP contribution in [0.15, 0.2) is 59.3 Å². The normalized spacial score (nSPS) is 12.8. The summed E-state index contributed by atoms with van der Waals surface area (Å²) in [5.41, 5.74) is 6.22. The number of halogens is 4. The van der Waals surface area contributed by atoms with E-state index in [4.69, 9.17) is 10.5 Å². The molecule has 0 aliphatic carbocycles. The van der Waals surface area contributed by atoms with Crippen LogP contribution in [-0.4, -0.2) is 15.5 Å². The Hall–Kier alpha value is -2.85. The molecule has 2 aromatic heterocycles. The van der Waals surface area contributed by atoms with Gasteiger partial charge in [0.25, 0.3) is 5.91 Å². The number of primary amides is 1. The van der Waals surface area contributed by atoms with Crippen LogP contribution in [0.25, 0.3) is 16.0 Å². The maximum Gasteiger partial charge on any atom is 0.416 e. The Morgan fingerprint density at radius 3 is 2.68 bits per heavy atom. The molecule has 0 radical (unpaired) electrons. The number of rotatable bonds is 5. The second-order valence-corrected chi connectivity index (χ2v) is 8.68. The molecule has 0 aliphatic rings. The van der Waals surface area contributed by atoms with Crippen molar-refractivity contribution in [3.63, 3.8) is 0 Å². The zero-order valence-electron chi connectivity index (χ0n) is 16.0. The number of amides is 1. The Morgan fingerprint density at radius 2 is 1.97 bits per heavy atom. The molecular weight excluding hydrogens is 495 g/mol. The molecule has 160 valence electrons. The van der Waals surface area contributed by atoms with Crippen molar-refractivity contribution in [2.75, 3.05) is 0 Å². The van der Waals surface area contributed by atoms with Gasteiger partial charge in [0, 0.05) is 16.1 Å². The molecule has 2 heterocycles. The molecule has 4 aromatic rings. The van der Waals surface area contributed by atoms with Crippen LogP contribution in [0.5, 0.6) is 5.75 Å². The topological polar surface area (TPSA) is 70.1 Å². The molecule has 31 heavy (non-hydrogen) atoms. The Bertz CT molecular complexity index is 1280. The van der Waals surface area contributed by atoms with Gasteiger partial charge in [-0.05, 0) is 31.2 Å². The van der Waals surface area contributed by atoms with Gasteiger partial charge in [-0.1, -0.05) is 34.1 Å². The van der Waals surface area contributed by atoms with Gasteiger partial charge in [-0.15, -0.1) is 11.3 Å². The van der Waals surface area contributed by atoms with Crippen LogP contribution < -0.4 is 10.5 Å². The van der Waals surface area contributed by atoms with Gasteiger partial charge in [-0.2, -0.15) is 13.2 Å². The van der Waals surface area contributed by atoms with Gasteiger partial charge in [0.2, 0.25) is 0 Å². The van der Waals surface area contributed by atoms with Gasteiger partial charge in [0.1, 0.15) is 28.1 Å². The SMILES string of the molecule is CC(Oc1cc(-n2cnc3cc(Br)ccc32)sc1C(N)=O)c1ccccc1C(F)(F)F. The van der Waals surface area contributed by atoms with Crippen molar-refractivity contribution in [1.29, 1.82) is 0 Å². The maximum atomic E-state index is 13.4. The minimum absolute atomic E-state index is 0.0314. The van der Waals surface area contributed by atoms with E-state index in [1.54, 1.807) is 17.0 Å². The molecular formula is C21H15BrF3N3O2S. The van der Waals surface area contributed by atoms with Gasteiger partial charge in [0.05, 0.1) is 16.6 Å². The number of benzene rings is 2. The summed E-state index contributed by atoms with van der Waals surface area (Å²) in [6, 6.07) is 12.3. The summed E-state index contributed by atoms with van der Waals surface area (Å²) in [5.74, 6) is -0.606. The van der Waals surface area contributed by atoms with E-state index in [9.17, 15) is 18.0 Å².